The molecule has 0 radical (unpaired) electrons. The van der Waals surface area contributed by atoms with Gasteiger partial charge in [-0.3, -0.25) is 4.79 Å². The van der Waals surface area contributed by atoms with Crippen LogP contribution in [0.3, 0.4) is 0 Å². The Labute approximate surface area is 183 Å². The Bertz CT molecular complexity index is 1180. The molecule has 1 aromatic heterocycles. The predicted molar refractivity (Wildman–Crippen MR) is 124 cm³/mol. The van der Waals surface area contributed by atoms with Gasteiger partial charge in [0.25, 0.3) is 0 Å². The molecule has 164 valence electrons. The molecule has 5 nitrogen and oxygen atoms in total. The average Bonchev–Trinajstić information content (AvgIpc) is 2.79. The maximum atomic E-state index is 12.7. The lowest BCUT2D eigenvalue weighted by Crippen LogP contribution is -2.09. The summed E-state index contributed by atoms with van der Waals surface area (Å²) >= 11 is 0. The van der Waals surface area contributed by atoms with E-state index in [1.807, 2.05) is 30.3 Å². The SMILES string of the molecule is O=c1ccc2cc(OCCCCS(=O)(=O)c3ccc(C4CCCCC4)cc3)ccc2[nH]1. The highest BCUT2D eigenvalue weighted by Crippen LogP contribution is 2.33. The molecule has 0 amide bonds. The van der Waals surface area contributed by atoms with Crippen molar-refractivity contribution >= 4 is 20.7 Å². The zero-order valence-corrected chi connectivity index (χ0v) is 18.5. The monoisotopic (exact) mass is 439 g/mol. The van der Waals surface area contributed by atoms with E-state index in [0.29, 0.717) is 36.0 Å². The Morgan fingerprint density at radius 3 is 2.45 bits per heavy atom. The fraction of sp³-hybridized carbons (Fsp3) is 0.400. The molecule has 0 atom stereocenters. The molecule has 6 heteroatoms. The molecule has 1 heterocycles. The highest BCUT2D eigenvalue weighted by Gasteiger charge is 2.18. The number of unbranched alkanes of at least 4 members (excludes halogenated alkanes) is 1. The van der Waals surface area contributed by atoms with Crippen LogP contribution in [0.5, 0.6) is 5.75 Å². The average molecular weight is 440 g/mol. The van der Waals surface area contributed by atoms with Gasteiger partial charge in [-0.1, -0.05) is 31.4 Å². The Hall–Kier alpha value is -2.60. The number of hydrogen-bond acceptors (Lipinski definition) is 4. The van der Waals surface area contributed by atoms with Crippen LogP contribution >= 0.6 is 0 Å². The number of aromatic nitrogens is 1. The third kappa shape index (κ3) is 5.56. The highest BCUT2D eigenvalue weighted by molar-refractivity contribution is 7.91. The first-order valence-electron chi connectivity index (χ1n) is 11.1. The van der Waals surface area contributed by atoms with Crippen molar-refractivity contribution in [3.63, 3.8) is 0 Å². The van der Waals surface area contributed by atoms with Crippen molar-refractivity contribution < 1.29 is 13.2 Å². The first-order valence-corrected chi connectivity index (χ1v) is 12.8. The smallest absolute Gasteiger partial charge is 0.248 e. The van der Waals surface area contributed by atoms with Crippen molar-refractivity contribution in [2.75, 3.05) is 12.4 Å². The van der Waals surface area contributed by atoms with Gasteiger partial charge in [0.1, 0.15) is 5.75 Å². The number of sulfone groups is 1. The van der Waals surface area contributed by atoms with E-state index in [1.165, 1.54) is 43.7 Å². The third-order valence-electron chi connectivity index (χ3n) is 6.09. The van der Waals surface area contributed by atoms with E-state index in [-0.39, 0.29) is 11.3 Å². The van der Waals surface area contributed by atoms with Crippen molar-refractivity contribution in [1.29, 1.82) is 0 Å². The van der Waals surface area contributed by atoms with Crippen molar-refractivity contribution in [1.82, 2.24) is 4.98 Å². The van der Waals surface area contributed by atoms with Crippen LogP contribution in [0.15, 0.2) is 64.3 Å². The van der Waals surface area contributed by atoms with Crippen LogP contribution in [0.2, 0.25) is 0 Å². The van der Waals surface area contributed by atoms with Crippen molar-refractivity contribution in [3.05, 3.63) is 70.5 Å². The summed E-state index contributed by atoms with van der Waals surface area (Å²) in [7, 11) is -3.28. The maximum absolute atomic E-state index is 12.7. The molecule has 4 rings (SSSR count). The first-order chi connectivity index (χ1) is 15.0. The number of pyridine rings is 1. The van der Waals surface area contributed by atoms with E-state index in [2.05, 4.69) is 4.98 Å². The van der Waals surface area contributed by atoms with Crippen LogP contribution in [-0.4, -0.2) is 25.8 Å². The Balaban J connectivity index is 1.26. The second-order valence-electron chi connectivity index (χ2n) is 8.35. The number of aromatic amines is 1. The normalized spacial score (nSPS) is 15.2. The largest absolute Gasteiger partial charge is 0.494 e. The second kappa shape index (κ2) is 9.69. The third-order valence-corrected chi connectivity index (χ3v) is 7.90. The lowest BCUT2D eigenvalue weighted by Gasteiger charge is -2.22. The molecular weight excluding hydrogens is 410 g/mol. The topological polar surface area (TPSA) is 76.2 Å². The summed E-state index contributed by atoms with van der Waals surface area (Å²) in [6, 6.07) is 16.3. The maximum Gasteiger partial charge on any atom is 0.248 e. The van der Waals surface area contributed by atoms with Crippen LogP contribution < -0.4 is 10.3 Å². The van der Waals surface area contributed by atoms with E-state index in [1.54, 1.807) is 18.2 Å². The number of benzene rings is 2. The zero-order valence-electron chi connectivity index (χ0n) is 17.7. The molecule has 3 aromatic rings. The van der Waals surface area contributed by atoms with Gasteiger partial charge in [0.2, 0.25) is 5.56 Å². The van der Waals surface area contributed by atoms with Gasteiger partial charge in [0, 0.05) is 17.0 Å². The zero-order chi connectivity index (χ0) is 21.7. The number of H-pyrrole nitrogens is 1. The second-order valence-corrected chi connectivity index (χ2v) is 10.5. The van der Waals surface area contributed by atoms with Crippen molar-refractivity contribution in [2.45, 2.75) is 55.8 Å². The minimum Gasteiger partial charge on any atom is -0.494 e. The van der Waals surface area contributed by atoms with Crippen LogP contribution in [-0.2, 0) is 9.84 Å². The summed E-state index contributed by atoms with van der Waals surface area (Å²) in [4.78, 5) is 14.5. The highest BCUT2D eigenvalue weighted by atomic mass is 32.2. The first kappa shape index (κ1) is 21.6. The Morgan fingerprint density at radius 2 is 1.68 bits per heavy atom. The molecule has 0 aliphatic heterocycles. The quantitative estimate of drug-likeness (QED) is 0.489. The fourth-order valence-corrected chi connectivity index (χ4v) is 5.68. The summed E-state index contributed by atoms with van der Waals surface area (Å²) < 4.78 is 31.1. The number of nitrogens with one attached hydrogen (secondary N) is 1. The van der Waals surface area contributed by atoms with E-state index in [9.17, 15) is 13.2 Å². The summed E-state index contributed by atoms with van der Waals surface area (Å²) in [5, 5.41) is 0.899. The summed E-state index contributed by atoms with van der Waals surface area (Å²) in [6.45, 7) is 0.449. The number of ether oxygens (including phenoxy) is 1. The predicted octanol–water partition coefficient (Wildman–Crippen LogP) is 5.21. The summed E-state index contributed by atoms with van der Waals surface area (Å²) in [6.07, 6.45) is 7.48. The molecule has 0 bridgehead atoms. The van der Waals surface area contributed by atoms with E-state index in [0.717, 1.165) is 10.9 Å². The van der Waals surface area contributed by atoms with Gasteiger partial charge in [-0.15, -0.1) is 0 Å². The lowest BCUT2D eigenvalue weighted by atomic mass is 9.84. The molecule has 0 spiro atoms. The molecule has 1 aliphatic rings. The van der Waals surface area contributed by atoms with E-state index >= 15 is 0 Å². The Morgan fingerprint density at radius 1 is 0.903 bits per heavy atom. The summed E-state index contributed by atoms with van der Waals surface area (Å²) in [5.41, 5.74) is 1.90. The van der Waals surface area contributed by atoms with Gasteiger partial charge in [0.15, 0.2) is 9.84 Å². The molecule has 0 saturated heterocycles. The number of fused-ring (bicyclic) bond motifs is 1. The van der Waals surface area contributed by atoms with Gasteiger partial charge in [-0.2, -0.15) is 0 Å². The van der Waals surface area contributed by atoms with Crippen LogP contribution in [0.1, 0.15) is 56.4 Å². The molecule has 1 fully saturated rings. The molecule has 1 saturated carbocycles. The molecule has 1 N–H and O–H groups in total. The van der Waals surface area contributed by atoms with Gasteiger partial charge < -0.3 is 9.72 Å². The molecular formula is C25H29NO4S. The van der Waals surface area contributed by atoms with Gasteiger partial charge in [-0.25, -0.2) is 8.42 Å². The van der Waals surface area contributed by atoms with Gasteiger partial charge >= 0.3 is 0 Å². The van der Waals surface area contributed by atoms with Crippen LogP contribution in [0, 0.1) is 0 Å². The molecule has 0 unspecified atom stereocenters. The van der Waals surface area contributed by atoms with Crippen LogP contribution in [0.4, 0.5) is 0 Å². The fourth-order valence-electron chi connectivity index (χ4n) is 4.31. The molecule has 2 aromatic carbocycles. The van der Waals surface area contributed by atoms with Crippen LogP contribution in [0.25, 0.3) is 10.9 Å². The van der Waals surface area contributed by atoms with Crippen molar-refractivity contribution in [2.24, 2.45) is 0 Å². The minimum absolute atomic E-state index is 0.123. The van der Waals surface area contributed by atoms with Crippen molar-refractivity contribution in [3.8, 4) is 5.75 Å². The summed E-state index contributed by atoms with van der Waals surface area (Å²) in [5.74, 6) is 1.41. The van der Waals surface area contributed by atoms with E-state index < -0.39 is 9.84 Å². The standard InChI is InChI=1S/C25H29NO4S/c27-25-15-10-21-18-22(11-14-24(21)26-25)30-16-4-5-17-31(28,29)23-12-8-20(9-13-23)19-6-2-1-3-7-19/h8-15,18-19H,1-7,16-17H2,(H,26,27). The number of hydrogen-bond donors (Lipinski definition) is 1. The van der Waals surface area contributed by atoms with Gasteiger partial charge in [0.05, 0.1) is 17.3 Å². The molecule has 31 heavy (non-hydrogen) atoms. The van der Waals surface area contributed by atoms with E-state index in [4.69, 9.17) is 4.74 Å². The number of rotatable bonds is 8. The molecule has 1 aliphatic carbocycles. The minimum atomic E-state index is -3.28. The lowest BCUT2D eigenvalue weighted by molar-refractivity contribution is 0.310. The van der Waals surface area contributed by atoms with Gasteiger partial charge in [-0.05, 0) is 73.6 Å². The Kier molecular flexibility index (Phi) is 6.76.